The summed E-state index contributed by atoms with van der Waals surface area (Å²) < 4.78 is 5.59. The number of hydrogen-bond acceptors (Lipinski definition) is 4. The summed E-state index contributed by atoms with van der Waals surface area (Å²) in [6.45, 7) is 4.15. The van der Waals surface area contributed by atoms with Crippen LogP contribution < -0.4 is 10.1 Å². The molecule has 0 spiro atoms. The summed E-state index contributed by atoms with van der Waals surface area (Å²) in [5.41, 5.74) is 2.61. The first-order valence-corrected chi connectivity index (χ1v) is 7.05. The molecule has 21 heavy (non-hydrogen) atoms. The Kier molecular flexibility index (Phi) is 5.74. The number of aryl methyl sites for hydroxylation is 1. The van der Waals surface area contributed by atoms with Crippen LogP contribution in [0.2, 0.25) is 0 Å². The number of pyridine rings is 1. The van der Waals surface area contributed by atoms with Gasteiger partial charge in [0, 0.05) is 12.2 Å². The highest BCUT2D eigenvalue weighted by atomic mass is 16.5. The predicted octanol–water partition coefficient (Wildman–Crippen LogP) is 2.82. The lowest BCUT2D eigenvalue weighted by Crippen LogP contribution is -2.17. The van der Waals surface area contributed by atoms with Gasteiger partial charge in [0.25, 0.3) is 0 Å². The van der Waals surface area contributed by atoms with E-state index < -0.39 is 0 Å². The van der Waals surface area contributed by atoms with Gasteiger partial charge in [-0.05, 0) is 37.6 Å². The molecule has 0 aliphatic heterocycles. The molecule has 0 unspecified atom stereocenters. The first-order chi connectivity index (χ1) is 10.3. The fourth-order valence-electron chi connectivity index (χ4n) is 1.92. The molecule has 1 aromatic carbocycles. The molecule has 4 nitrogen and oxygen atoms in total. The Bertz CT molecular complexity index is 605. The zero-order valence-electron chi connectivity index (χ0n) is 12.2. The predicted molar refractivity (Wildman–Crippen MR) is 81.9 cm³/mol. The Labute approximate surface area is 125 Å². The number of nitrogens with one attached hydrogen (secondary N) is 1. The average molecular weight is 281 g/mol. The van der Waals surface area contributed by atoms with Crippen LogP contribution in [0.4, 0.5) is 0 Å². The minimum Gasteiger partial charge on any atom is -0.477 e. The van der Waals surface area contributed by atoms with Crippen LogP contribution in [0.3, 0.4) is 0 Å². The third-order valence-electron chi connectivity index (χ3n) is 3.03. The molecule has 0 aliphatic carbocycles. The fraction of sp³-hybridized carbons (Fsp3) is 0.294. The molecule has 1 heterocycles. The third-order valence-corrected chi connectivity index (χ3v) is 3.03. The molecule has 0 bridgehead atoms. The molecule has 108 valence electrons. The third kappa shape index (κ3) is 4.90. The van der Waals surface area contributed by atoms with Crippen LogP contribution in [0.25, 0.3) is 0 Å². The number of hydrogen-bond donors (Lipinski definition) is 1. The van der Waals surface area contributed by atoms with Gasteiger partial charge in [0.05, 0.1) is 6.61 Å². The standard InChI is InChI=1S/C17H19N3O/c1-14-8-9-16(12-18)17(20-14)21-11-5-10-19-13-15-6-3-2-4-7-15/h2-4,6-9,19H,5,10-11,13H2,1H3. The minimum absolute atomic E-state index is 0.431. The maximum atomic E-state index is 8.99. The van der Waals surface area contributed by atoms with E-state index in [0.717, 1.165) is 25.2 Å². The van der Waals surface area contributed by atoms with Crippen molar-refractivity contribution in [3.8, 4) is 11.9 Å². The molecule has 0 radical (unpaired) electrons. The summed E-state index contributed by atoms with van der Waals surface area (Å²) in [4.78, 5) is 4.24. The van der Waals surface area contributed by atoms with Gasteiger partial charge in [-0.1, -0.05) is 30.3 Å². The van der Waals surface area contributed by atoms with Crippen molar-refractivity contribution in [2.75, 3.05) is 13.2 Å². The lowest BCUT2D eigenvalue weighted by atomic mass is 10.2. The lowest BCUT2D eigenvalue weighted by Gasteiger charge is -2.08. The summed E-state index contributed by atoms with van der Waals surface area (Å²) in [6, 6.07) is 15.9. The van der Waals surface area contributed by atoms with E-state index in [4.69, 9.17) is 10.00 Å². The van der Waals surface area contributed by atoms with Gasteiger partial charge >= 0.3 is 0 Å². The normalized spacial score (nSPS) is 10.1. The Morgan fingerprint density at radius 2 is 2.00 bits per heavy atom. The van der Waals surface area contributed by atoms with Gasteiger partial charge in [0.1, 0.15) is 11.6 Å². The molecule has 2 aromatic rings. The van der Waals surface area contributed by atoms with Crippen LogP contribution in [-0.2, 0) is 6.54 Å². The summed E-state index contributed by atoms with van der Waals surface area (Å²) in [7, 11) is 0. The van der Waals surface area contributed by atoms with Crippen LogP contribution in [0.1, 0.15) is 23.2 Å². The summed E-state index contributed by atoms with van der Waals surface area (Å²) in [5, 5.41) is 12.4. The maximum absolute atomic E-state index is 8.99. The maximum Gasteiger partial charge on any atom is 0.231 e. The van der Waals surface area contributed by atoms with Crippen molar-refractivity contribution in [3.63, 3.8) is 0 Å². The molecular weight excluding hydrogens is 262 g/mol. The van der Waals surface area contributed by atoms with E-state index in [2.05, 4.69) is 28.5 Å². The molecule has 2 rings (SSSR count). The number of aromatic nitrogens is 1. The Morgan fingerprint density at radius 1 is 1.19 bits per heavy atom. The first-order valence-electron chi connectivity index (χ1n) is 7.05. The second-order valence-corrected chi connectivity index (χ2v) is 4.78. The average Bonchev–Trinajstić information content (AvgIpc) is 2.52. The van der Waals surface area contributed by atoms with Gasteiger partial charge in [-0.15, -0.1) is 0 Å². The van der Waals surface area contributed by atoms with Crippen molar-refractivity contribution >= 4 is 0 Å². The summed E-state index contributed by atoms with van der Waals surface area (Å²) >= 11 is 0. The monoisotopic (exact) mass is 281 g/mol. The van der Waals surface area contributed by atoms with Crippen LogP contribution >= 0.6 is 0 Å². The fourth-order valence-corrected chi connectivity index (χ4v) is 1.92. The van der Waals surface area contributed by atoms with Gasteiger partial charge in [0.2, 0.25) is 5.88 Å². The largest absolute Gasteiger partial charge is 0.477 e. The highest BCUT2D eigenvalue weighted by Gasteiger charge is 2.04. The van der Waals surface area contributed by atoms with Crippen molar-refractivity contribution in [2.45, 2.75) is 19.9 Å². The van der Waals surface area contributed by atoms with E-state index >= 15 is 0 Å². The molecule has 1 N–H and O–H groups in total. The molecule has 4 heteroatoms. The number of ether oxygens (including phenoxy) is 1. The van der Waals surface area contributed by atoms with E-state index in [0.29, 0.717) is 18.1 Å². The quantitative estimate of drug-likeness (QED) is 0.793. The topological polar surface area (TPSA) is 57.9 Å². The van der Waals surface area contributed by atoms with E-state index in [9.17, 15) is 0 Å². The van der Waals surface area contributed by atoms with Crippen molar-refractivity contribution in [3.05, 3.63) is 59.3 Å². The number of rotatable bonds is 7. The van der Waals surface area contributed by atoms with Crippen LogP contribution in [0.15, 0.2) is 42.5 Å². The van der Waals surface area contributed by atoms with Gasteiger partial charge in [0.15, 0.2) is 0 Å². The van der Waals surface area contributed by atoms with Gasteiger partial charge in [-0.25, -0.2) is 4.98 Å². The van der Waals surface area contributed by atoms with Crippen molar-refractivity contribution in [2.24, 2.45) is 0 Å². The highest BCUT2D eigenvalue weighted by Crippen LogP contribution is 2.14. The Hall–Kier alpha value is -2.38. The number of nitriles is 1. The van der Waals surface area contributed by atoms with Gasteiger partial charge < -0.3 is 10.1 Å². The van der Waals surface area contributed by atoms with Crippen molar-refractivity contribution < 1.29 is 4.74 Å². The highest BCUT2D eigenvalue weighted by molar-refractivity contribution is 5.38. The Morgan fingerprint density at radius 3 is 2.76 bits per heavy atom. The molecule has 0 atom stereocenters. The summed E-state index contributed by atoms with van der Waals surface area (Å²) in [5.74, 6) is 0.431. The SMILES string of the molecule is Cc1ccc(C#N)c(OCCCNCc2ccccc2)n1. The molecule has 0 saturated carbocycles. The minimum atomic E-state index is 0.431. The van der Waals surface area contributed by atoms with Crippen LogP contribution in [0, 0.1) is 18.3 Å². The van der Waals surface area contributed by atoms with Crippen LogP contribution in [0.5, 0.6) is 5.88 Å². The smallest absolute Gasteiger partial charge is 0.231 e. The van der Waals surface area contributed by atoms with Gasteiger partial charge in [-0.2, -0.15) is 5.26 Å². The van der Waals surface area contributed by atoms with Gasteiger partial charge in [-0.3, -0.25) is 0 Å². The molecule has 0 amide bonds. The number of nitrogens with zero attached hydrogens (tertiary/aromatic N) is 2. The van der Waals surface area contributed by atoms with Crippen LogP contribution in [-0.4, -0.2) is 18.1 Å². The van der Waals surface area contributed by atoms with Crippen molar-refractivity contribution in [1.82, 2.24) is 10.3 Å². The second-order valence-electron chi connectivity index (χ2n) is 4.78. The lowest BCUT2D eigenvalue weighted by molar-refractivity contribution is 0.295. The molecule has 1 aromatic heterocycles. The van der Waals surface area contributed by atoms with E-state index in [1.54, 1.807) is 6.07 Å². The van der Waals surface area contributed by atoms with E-state index in [-0.39, 0.29) is 0 Å². The van der Waals surface area contributed by atoms with Crippen molar-refractivity contribution in [1.29, 1.82) is 5.26 Å². The molecule has 0 saturated heterocycles. The van der Waals surface area contributed by atoms with E-state index in [1.165, 1.54) is 5.56 Å². The van der Waals surface area contributed by atoms with E-state index in [1.807, 2.05) is 31.2 Å². The second kappa shape index (κ2) is 8.03. The summed E-state index contributed by atoms with van der Waals surface area (Å²) in [6.07, 6.45) is 0.868. The molecule has 0 fully saturated rings. The molecular formula is C17H19N3O. The zero-order valence-corrected chi connectivity index (χ0v) is 12.2. The zero-order chi connectivity index (χ0) is 14.9. The number of benzene rings is 1. The molecule has 0 aliphatic rings. The Balaban J connectivity index is 1.68. The first kappa shape index (κ1) is 15.0.